The molecule has 4 nitrogen and oxygen atoms in total. The van der Waals surface area contributed by atoms with E-state index >= 15 is 0 Å². The third kappa shape index (κ3) is 2.47. The molecule has 0 spiro atoms. The Labute approximate surface area is 111 Å². The highest BCUT2D eigenvalue weighted by Crippen LogP contribution is 2.32. The lowest BCUT2D eigenvalue weighted by atomic mass is 9.99. The maximum atomic E-state index is 4.12. The van der Waals surface area contributed by atoms with Crippen molar-refractivity contribution in [3.63, 3.8) is 0 Å². The summed E-state index contributed by atoms with van der Waals surface area (Å²) in [5, 5.41) is 10.2. The molecule has 5 heteroatoms. The Morgan fingerprint density at radius 3 is 3.11 bits per heavy atom. The molecule has 2 N–H and O–H groups in total. The molecule has 0 amide bonds. The van der Waals surface area contributed by atoms with E-state index in [9.17, 15) is 0 Å². The lowest BCUT2D eigenvalue weighted by Crippen LogP contribution is -2.18. The van der Waals surface area contributed by atoms with Gasteiger partial charge in [-0.25, -0.2) is 4.98 Å². The van der Waals surface area contributed by atoms with Crippen LogP contribution in [0.4, 0.5) is 0 Å². The van der Waals surface area contributed by atoms with Crippen molar-refractivity contribution in [2.75, 3.05) is 0 Å². The minimum absolute atomic E-state index is 0.380. The van der Waals surface area contributed by atoms with Crippen LogP contribution in [0.25, 0.3) is 0 Å². The number of thiophene rings is 1. The summed E-state index contributed by atoms with van der Waals surface area (Å²) in [5.74, 6) is 0.892. The molecule has 1 atom stereocenters. The summed E-state index contributed by atoms with van der Waals surface area (Å²) < 4.78 is 0. The zero-order chi connectivity index (χ0) is 12.4. The van der Waals surface area contributed by atoms with Gasteiger partial charge in [-0.15, -0.1) is 11.3 Å². The van der Waals surface area contributed by atoms with Gasteiger partial charge in [-0.1, -0.05) is 0 Å². The molecule has 2 aromatic heterocycles. The van der Waals surface area contributed by atoms with Crippen molar-refractivity contribution in [2.45, 2.75) is 45.2 Å². The van der Waals surface area contributed by atoms with Gasteiger partial charge in [-0.3, -0.25) is 5.10 Å². The molecule has 0 saturated heterocycles. The second kappa shape index (κ2) is 5.20. The van der Waals surface area contributed by atoms with Gasteiger partial charge in [0.05, 0.1) is 6.54 Å². The minimum Gasteiger partial charge on any atom is -0.302 e. The number of aryl methyl sites for hydroxylation is 2. The van der Waals surface area contributed by atoms with Gasteiger partial charge in [-0.05, 0) is 44.2 Å². The molecule has 0 radical (unpaired) electrons. The highest BCUT2D eigenvalue weighted by Gasteiger charge is 2.16. The number of hydrogen-bond acceptors (Lipinski definition) is 4. The van der Waals surface area contributed by atoms with Crippen LogP contribution in [0.15, 0.2) is 12.4 Å². The SMILES string of the molecule is CC(NCc1ncn[nH]1)c1cc2c(s1)CCCC2. The standard InChI is InChI=1S/C13H18N4S/c1-9(14-7-13-15-8-16-17-13)12-6-10-4-2-3-5-11(10)18-12/h6,8-9,14H,2-5,7H2,1H3,(H,15,16,17). The first-order valence-corrected chi connectivity index (χ1v) is 7.33. The number of rotatable bonds is 4. The van der Waals surface area contributed by atoms with Crippen molar-refractivity contribution in [1.82, 2.24) is 20.5 Å². The molecule has 2 heterocycles. The van der Waals surface area contributed by atoms with Gasteiger partial charge in [0.25, 0.3) is 0 Å². The summed E-state index contributed by atoms with van der Waals surface area (Å²) in [5.41, 5.74) is 1.58. The quantitative estimate of drug-likeness (QED) is 0.890. The second-order valence-electron chi connectivity index (χ2n) is 4.84. The number of nitrogens with zero attached hydrogens (tertiary/aromatic N) is 2. The number of hydrogen-bond donors (Lipinski definition) is 2. The Balaban J connectivity index is 1.64. The van der Waals surface area contributed by atoms with Crippen LogP contribution in [0.2, 0.25) is 0 Å². The fourth-order valence-corrected chi connectivity index (χ4v) is 3.68. The van der Waals surface area contributed by atoms with E-state index < -0.39 is 0 Å². The van der Waals surface area contributed by atoms with Crippen molar-refractivity contribution in [2.24, 2.45) is 0 Å². The molecular weight excluding hydrogens is 244 g/mol. The van der Waals surface area contributed by atoms with Gasteiger partial charge in [0.1, 0.15) is 12.2 Å². The van der Waals surface area contributed by atoms with Gasteiger partial charge in [-0.2, -0.15) is 5.10 Å². The maximum Gasteiger partial charge on any atom is 0.138 e. The molecule has 1 unspecified atom stereocenters. The third-order valence-corrected chi connectivity index (χ3v) is 4.90. The molecule has 0 fully saturated rings. The van der Waals surface area contributed by atoms with Gasteiger partial charge >= 0.3 is 0 Å². The highest BCUT2D eigenvalue weighted by molar-refractivity contribution is 7.12. The van der Waals surface area contributed by atoms with Gasteiger partial charge in [0, 0.05) is 15.8 Å². The van der Waals surface area contributed by atoms with Crippen molar-refractivity contribution in [3.05, 3.63) is 33.5 Å². The summed E-state index contributed by atoms with van der Waals surface area (Å²) >= 11 is 1.97. The predicted octanol–water partition coefficient (Wildman–Crippen LogP) is 2.60. The van der Waals surface area contributed by atoms with Crippen LogP contribution in [-0.2, 0) is 19.4 Å². The van der Waals surface area contributed by atoms with E-state index in [-0.39, 0.29) is 0 Å². The molecule has 0 saturated carbocycles. The number of fused-ring (bicyclic) bond motifs is 1. The molecule has 0 aromatic carbocycles. The smallest absolute Gasteiger partial charge is 0.138 e. The summed E-state index contributed by atoms with van der Waals surface area (Å²) in [6.45, 7) is 2.96. The lowest BCUT2D eigenvalue weighted by Gasteiger charge is -2.10. The summed E-state index contributed by atoms with van der Waals surface area (Å²) in [6, 6.07) is 2.77. The molecule has 0 aliphatic heterocycles. The van der Waals surface area contributed by atoms with Crippen molar-refractivity contribution < 1.29 is 0 Å². The van der Waals surface area contributed by atoms with Gasteiger partial charge in [0.15, 0.2) is 0 Å². The van der Waals surface area contributed by atoms with Crippen LogP contribution in [0.5, 0.6) is 0 Å². The van der Waals surface area contributed by atoms with E-state index in [2.05, 4.69) is 33.5 Å². The summed E-state index contributed by atoms with van der Waals surface area (Å²) in [6.07, 6.45) is 6.79. The first-order chi connectivity index (χ1) is 8.83. The molecule has 2 aromatic rings. The molecular formula is C13H18N4S. The van der Waals surface area contributed by atoms with E-state index in [4.69, 9.17) is 0 Å². The van der Waals surface area contributed by atoms with Crippen LogP contribution < -0.4 is 5.32 Å². The molecule has 18 heavy (non-hydrogen) atoms. The van der Waals surface area contributed by atoms with Gasteiger partial charge in [0.2, 0.25) is 0 Å². The Hall–Kier alpha value is -1.20. The van der Waals surface area contributed by atoms with E-state index in [1.54, 1.807) is 16.8 Å². The normalized spacial score (nSPS) is 16.5. The minimum atomic E-state index is 0.380. The number of nitrogens with one attached hydrogen (secondary N) is 2. The second-order valence-corrected chi connectivity index (χ2v) is 6.01. The van der Waals surface area contributed by atoms with E-state index in [0.29, 0.717) is 6.04 Å². The number of H-pyrrole nitrogens is 1. The number of aromatic amines is 1. The first-order valence-electron chi connectivity index (χ1n) is 6.52. The fourth-order valence-electron chi connectivity index (χ4n) is 2.39. The van der Waals surface area contributed by atoms with E-state index in [0.717, 1.165) is 12.4 Å². The van der Waals surface area contributed by atoms with Crippen LogP contribution >= 0.6 is 11.3 Å². The van der Waals surface area contributed by atoms with Crippen LogP contribution in [0.1, 0.15) is 46.9 Å². The average molecular weight is 262 g/mol. The maximum absolute atomic E-state index is 4.12. The molecule has 96 valence electrons. The molecule has 1 aliphatic carbocycles. The Kier molecular flexibility index (Phi) is 3.43. The van der Waals surface area contributed by atoms with Crippen molar-refractivity contribution in [1.29, 1.82) is 0 Å². The van der Waals surface area contributed by atoms with Crippen LogP contribution in [-0.4, -0.2) is 15.2 Å². The summed E-state index contributed by atoms with van der Waals surface area (Å²) in [4.78, 5) is 7.17. The third-order valence-electron chi connectivity index (χ3n) is 3.48. The molecule has 1 aliphatic rings. The Morgan fingerprint density at radius 1 is 1.44 bits per heavy atom. The van der Waals surface area contributed by atoms with Crippen molar-refractivity contribution >= 4 is 11.3 Å². The lowest BCUT2D eigenvalue weighted by molar-refractivity contribution is 0.567. The Morgan fingerprint density at radius 2 is 2.33 bits per heavy atom. The van der Waals surface area contributed by atoms with Crippen LogP contribution in [0, 0.1) is 0 Å². The fraction of sp³-hybridized carbons (Fsp3) is 0.538. The topological polar surface area (TPSA) is 53.6 Å². The van der Waals surface area contributed by atoms with Gasteiger partial charge < -0.3 is 5.32 Å². The zero-order valence-electron chi connectivity index (χ0n) is 10.6. The monoisotopic (exact) mass is 262 g/mol. The largest absolute Gasteiger partial charge is 0.302 e. The van der Waals surface area contributed by atoms with E-state index in [1.165, 1.54) is 30.6 Å². The number of aromatic nitrogens is 3. The summed E-state index contributed by atoms with van der Waals surface area (Å²) in [7, 11) is 0. The Bertz CT molecular complexity index is 480. The predicted molar refractivity (Wildman–Crippen MR) is 72.6 cm³/mol. The first kappa shape index (κ1) is 11.9. The zero-order valence-corrected chi connectivity index (χ0v) is 11.4. The highest BCUT2D eigenvalue weighted by atomic mass is 32.1. The van der Waals surface area contributed by atoms with Crippen molar-refractivity contribution in [3.8, 4) is 0 Å². The van der Waals surface area contributed by atoms with E-state index in [1.807, 2.05) is 11.3 Å². The molecule has 0 bridgehead atoms. The average Bonchev–Trinajstić information content (AvgIpc) is 3.04. The molecule has 3 rings (SSSR count). The van der Waals surface area contributed by atoms with Crippen LogP contribution in [0.3, 0.4) is 0 Å².